The Bertz CT molecular complexity index is 214. The molecule has 0 amide bonds. The van der Waals surface area contributed by atoms with E-state index in [9.17, 15) is 9.59 Å². The van der Waals surface area contributed by atoms with Crippen LogP contribution in [0.5, 0.6) is 0 Å². The maximum atomic E-state index is 11.2. The highest BCUT2D eigenvalue weighted by Crippen LogP contribution is 2.10. The zero-order valence-electron chi connectivity index (χ0n) is 12.4. The molecular weight excluding hydrogens is 244 g/mol. The molecule has 0 fully saturated rings. The summed E-state index contributed by atoms with van der Waals surface area (Å²) in [6.07, 6.45) is 8.97. The number of Topliss-reactive ketones (excluding diaryl/α,β-unsaturated/α-hetero) is 2. The van der Waals surface area contributed by atoms with Gasteiger partial charge in [-0.3, -0.25) is 9.59 Å². The van der Waals surface area contributed by atoms with Gasteiger partial charge in [-0.1, -0.05) is 32.1 Å². The highest BCUT2D eigenvalue weighted by atomic mass is 16.5. The number of carbonyl (C=O) groups is 2. The van der Waals surface area contributed by atoms with Crippen LogP contribution in [0, 0.1) is 0 Å². The highest BCUT2D eigenvalue weighted by molar-refractivity contribution is 5.79. The van der Waals surface area contributed by atoms with E-state index in [-0.39, 0.29) is 24.8 Å². The van der Waals surface area contributed by atoms with E-state index >= 15 is 0 Å². The summed E-state index contributed by atoms with van der Waals surface area (Å²) in [4.78, 5) is 22.3. The van der Waals surface area contributed by atoms with Crippen molar-refractivity contribution in [2.24, 2.45) is 0 Å². The summed E-state index contributed by atoms with van der Waals surface area (Å²) in [6.45, 7) is 0.491. The molecule has 0 bridgehead atoms. The fourth-order valence-corrected chi connectivity index (χ4v) is 1.99. The van der Waals surface area contributed by atoms with E-state index in [1.54, 1.807) is 14.2 Å². The third-order valence-electron chi connectivity index (χ3n) is 3.02. The van der Waals surface area contributed by atoms with Crippen LogP contribution in [0.2, 0.25) is 0 Å². The number of unbranched alkanes of at least 4 members (excludes halogenated alkanes) is 6. The third kappa shape index (κ3) is 13.5. The van der Waals surface area contributed by atoms with E-state index in [1.165, 1.54) is 19.3 Å². The molecule has 0 N–H and O–H groups in total. The molecule has 0 spiro atoms. The van der Waals surface area contributed by atoms with Crippen LogP contribution in [0.15, 0.2) is 0 Å². The molecule has 0 radical (unpaired) electrons. The first-order valence-corrected chi connectivity index (χ1v) is 7.22. The molecule has 0 aromatic rings. The van der Waals surface area contributed by atoms with Crippen molar-refractivity contribution in [1.82, 2.24) is 0 Å². The van der Waals surface area contributed by atoms with Crippen molar-refractivity contribution in [1.29, 1.82) is 0 Å². The zero-order valence-corrected chi connectivity index (χ0v) is 12.4. The van der Waals surface area contributed by atoms with Crippen molar-refractivity contribution < 1.29 is 19.1 Å². The molecule has 0 aliphatic heterocycles. The monoisotopic (exact) mass is 272 g/mol. The van der Waals surface area contributed by atoms with Gasteiger partial charge in [0.2, 0.25) is 0 Å². The van der Waals surface area contributed by atoms with Gasteiger partial charge >= 0.3 is 0 Å². The van der Waals surface area contributed by atoms with Crippen LogP contribution in [-0.2, 0) is 19.1 Å². The Labute approximate surface area is 116 Å². The van der Waals surface area contributed by atoms with E-state index in [1.807, 2.05) is 0 Å². The lowest BCUT2D eigenvalue weighted by atomic mass is 10.1. The number of methoxy groups -OCH3 is 2. The van der Waals surface area contributed by atoms with Crippen LogP contribution < -0.4 is 0 Å². The molecule has 112 valence electrons. The quantitative estimate of drug-likeness (QED) is 0.456. The predicted molar refractivity (Wildman–Crippen MR) is 75.3 cm³/mol. The Morgan fingerprint density at radius 2 is 0.947 bits per heavy atom. The van der Waals surface area contributed by atoms with Gasteiger partial charge in [-0.05, 0) is 12.8 Å². The average Bonchev–Trinajstić information content (AvgIpc) is 2.37. The number of hydrogen-bond acceptors (Lipinski definition) is 4. The van der Waals surface area contributed by atoms with Crippen LogP contribution in [0.3, 0.4) is 0 Å². The van der Waals surface area contributed by atoms with Crippen LogP contribution in [-0.4, -0.2) is 39.0 Å². The van der Waals surface area contributed by atoms with Gasteiger partial charge in [-0.25, -0.2) is 0 Å². The largest absolute Gasteiger partial charge is 0.377 e. The lowest BCUT2D eigenvalue weighted by molar-refractivity contribution is -0.123. The normalized spacial score (nSPS) is 10.6. The Morgan fingerprint density at radius 3 is 1.26 bits per heavy atom. The van der Waals surface area contributed by atoms with Crippen LogP contribution in [0.4, 0.5) is 0 Å². The second kappa shape index (κ2) is 13.7. The molecule has 0 aliphatic rings. The Kier molecular flexibility index (Phi) is 13.2. The standard InChI is InChI=1S/C15H28O4/c1-18-12-14(16)10-8-6-4-3-5-7-9-11-15(17)13-19-2/h3-13H2,1-2H3. The van der Waals surface area contributed by atoms with Gasteiger partial charge in [-0.2, -0.15) is 0 Å². The summed E-state index contributed by atoms with van der Waals surface area (Å²) in [5, 5.41) is 0. The smallest absolute Gasteiger partial charge is 0.158 e. The number of ketones is 2. The topological polar surface area (TPSA) is 52.6 Å². The van der Waals surface area contributed by atoms with Crippen molar-refractivity contribution in [3.8, 4) is 0 Å². The van der Waals surface area contributed by atoms with E-state index in [0.29, 0.717) is 12.8 Å². The Balaban J connectivity index is 3.15. The van der Waals surface area contributed by atoms with E-state index < -0.39 is 0 Å². The summed E-state index contributed by atoms with van der Waals surface area (Å²) in [5.41, 5.74) is 0. The predicted octanol–water partition coefficient (Wildman–Crippen LogP) is 2.93. The maximum Gasteiger partial charge on any atom is 0.158 e. The van der Waals surface area contributed by atoms with E-state index in [2.05, 4.69) is 0 Å². The van der Waals surface area contributed by atoms with E-state index in [0.717, 1.165) is 25.7 Å². The van der Waals surface area contributed by atoms with Crippen LogP contribution in [0.25, 0.3) is 0 Å². The Morgan fingerprint density at radius 1 is 0.632 bits per heavy atom. The second-order valence-corrected chi connectivity index (χ2v) is 4.92. The van der Waals surface area contributed by atoms with Gasteiger partial charge in [0.25, 0.3) is 0 Å². The lowest BCUT2D eigenvalue weighted by Gasteiger charge is -2.02. The van der Waals surface area contributed by atoms with Gasteiger partial charge in [-0.15, -0.1) is 0 Å². The number of ether oxygens (including phenoxy) is 2. The van der Waals surface area contributed by atoms with Crippen molar-refractivity contribution in [2.75, 3.05) is 27.4 Å². The molecule has 0 aromatic heterocycles. The van der Waals surface area contributed by atoms with Gasteiger partial charge < -0.3 is 9.47 Å². The minimum Gasteiger partial charge on any atom is -0.377 e. The molecule has 0 aromatic carbocycles. The zero-order chi connectivity index (χ0) is 14.3. The summed E-state index contributed by atoms with van der Waals surface area (Å²) < 4.78 is 9.55. The minimum atomic E-state index is 0.194. The molecule has 0 unspecified atom stereocenters. The molecule has 0 aliphatic carbocycles. The lowest BCUT2D eigenvalue weighted by Crippen LogP contribution is -2.05. The van der Waals surface area contributed by atoms with Gasteiger partial charge in [0.05, 0.1) is 0 Å². The van der Waals surface area contributed by atoms with Crippen molar-refractivity contribution in [3.63, 3.8) is 0 Å². The van der Waals surface area contributed by atoms with Gasteiger partial charge in [0.1, 0.15) is 13.2 Å². The SMILES string of the molecule is COCC(=O)CCCCCCCCCC(=O)COC. The maximum absolute atomic E-state index is 11.2. The molecule has 4 nitrogen and oxygen atoms in total. The van der Waals surface area contributed by atoms with E-state index in [4.69, 9.17) is 9.47 Å². The van der Waals surface area contributed by atoms with Crippen molar-refractivity contribution in [2.45, 2.75) is 57.8 Å². The first-order valence-electron chi connectivity index (χ1n) is 7.22. The summed E-state index contributed by atoms with van der Waals surface area (Å²) in [7, 11) is 3.10. The molecule has 0 saturated carbocycles. The fraction of sp³-hybridized carbons (Fsp3) is 0.867. The van der Waals surface area contributed by atoms with Gasteiger partial charge in [0.15, 0.2) is 11.6 Å². The molecule has 4 heteroatoms. The summed E-state index contributed by atoms with van der Waals surface area (Å²) in [5.74, 6) is 0.387. The third-order valence-corrected chi connectivity index (χ3v) is 3.02. The van der Waals surface area contributed by atoms with Crippen LogP contribution >= 0.6 is 0 Å². The number of rotatable bonds is 14. The molecule has 19 heavy (non-hydrogen) atoms. The molecule has 0 atom stereocenters. The number of hydrogen-bond donors (Lipinski definition) is 0. The van der Waals surface area contributed by atoms with Gasteiger partial charge in [0, 0.05) is 27.1 Å². The minimum absolute atomic E-state index is 0.194. The molecule has 0 saturated heterocycles. The first-order chi connectivity index (χ1) is 9.20. The summed E-state index contributed by atoms with van der Waals surface area (Å²) >= 11 is 0. The Hall–Kier alpha value is -0.740. The van der Waals surface area contributed by atoms with Crippen molar-refractivity contribution in [3.05, 3.63) is 0 Å². The molecule has 0 heterocycles. The summed E-state index contributed by atoms with van der Waals surface area (Å²) in [6, 6.07) is 0. The van der Waals surface area contributed by atoms with Crippen LogP contribution in [0.1, 0.15) is 57.8 Å². The average molecular weight is 272 g/mol. The van der Waals surface area contributed by atoms with Crippen molar-refractivity contribution >= 4 is 11.6 Å². The fourth-order valence-electron chi connectivity index (χ4n) is 1.99. The molecular formula is C15H28O4. The highest BCUT2D eigenvalue weighted by Gasteiger charge is 2.01. The number of carbonyl (C=O) groups excluding carboxylic acids is 2. The first kappa shape index (κ1) is 18.3. The second-order valence-electron chi connectivity index (χ2n) is 4.92. The molecule has 0 rings (SSSR count).